The van der Waals surface area contributed by atoms with Gasteiger partial charge in [0.1, 0.15) is 0 Å². The Kier molecular flexibility index (Phi) is 5.95. The highest BCUT2D eigenvalue weighted by Gasteiger charge is 2.21. The molecule has 2 heterocycles. The third-order valence-electron chi connectivity index (χ3n) is 4.47. The topological polar surface area (TPSA) is 70.2 Å². The third-order valence-corrected chi connectivity index (χ3v) is 4.47. The van der Waals surface area contributed by atoms with Crippen LogP contribution in [0.2, 0.25) is 0 Å². The minimum Gasteiger partial charge on any atom is -0.354 e. The average molecular weight is 339 g/mol. The molecule has 1 aliphatic rings. The first-order valence-corrected chi connectivity index (χ1v) is 8.79. The molecular formula is C19H25N5O. The largest absolute Gasteiger partial charge is 0.354 e. The van der Waals surface area contributed by atoms with Gasteiger partial charge < -0.3 is 15.5 Å². The molecule has 0 aliphatic carbocycles. The molecule has 0 saturated carbocycles. The summed E-state index contributed by atoms with van der Waals surface area (Å²) in [5.41, 5.74) is 2.34. The van der Waals surface area contributed by atoms with Crippen LogP contribution in [0.25, 0.3) is 0 Å². The number of amides is 1. The lowest BCUT2D eigenvalue weighted by atomic mass is 10.1. The summed E-state index contributed by atoms with van der Waals surface area (Å²) < 4.78 is 0. The van der Waals surface area contributed by atoms with Gasteiger partial charge in [0.2, 0.25) is 5.91 Å². The second kappa shape index (κ2) is 8.58. The van der Waals surface area contributed by atoms with Gasteiger partial charge in [0.25, 0.3) is 0 Å². The van der Waals surface area contributed by atoms with Gasteiger partial charge in [-0.05, 0) is 37.5 Å². The second-order valence-corrected chi connectivity index (χ2v) is 6.51. The number of aromatic nitrogens is 2. The molecule has 1 saturated heterocycles. The molecule has 6 heteroatoms. The highest BCUT2D eigenvalue weighted by Crippen LogP contribution is 2.16. The average Bonchev–Trinajstić information content (AvgIpc) is 2.67. The number of nitrogens with one attached hydrogen (secondary N) is 2. The number of hydrogen-bond donors (Lipinski definition) is 2. The summed E-state index contributed by atoms with van der Waals surface area (Å²) in [6, 6.07) is 12.4. The van der Waals surface area contributed by atoms with Gasteiger partial charge in [0.05, 0.1) is 6.54 Å². The van der Waals surface area contributed by atoms with E-state index in [0.29, 0.717) is 19.1 Å². The first-order chi connectivity index (χ1) is 12.2. The fourth-order valence-electron chi connectivity index (χ4n) is 3.02. The third kappa shape index (κ3) is 5.26. The SMILES string of the molecule is Cc1ccc(CNC(=O)CN[C@@H]2CCCN(c3cccnn3)C2)cc1. The van der Waals surface area contributed by atoms with Crippen LogP contribution in [-0.4, -0.2) is 41.8 Å². The number of rotatable bonds is 6. The molecule has 1 aliphatic heterocycles. The second-order valence-electron chi connectivity index (χ2n) is 6.51. The summed E-state index contributed by atoms with van der Waals surface area (Å²) >= 11 is 0. The number of piperidine rings is 1. The maximum atomic E-state index is 12.1. The summed E-state index contributed by atoms with van der Waals surface area (Å²) in [6.07, 6.45) is 3.84. The van der Waals surface area contributed by atoms with Crippen molar-refractivity contribution in [1.29, 1.82) is 0 Å². The van der Waals surface area contributed by atoms with Gasteiger partial charge in [-0.2, -0.15) is 5.10 Å². The molecule has 1 atom stereocenters. The number of hydrogen-bond acceptors (Lipinski definition) is 5. The number of carbonyl (C=O) groups is 1. The van der Waals surface area contributed by atoms with E-state index in [2.05, 4.69) is 44.8 Å². The van der Waals surface area contributed by atoms with Gasteiger partial charge in [-0.15, -0.1) is 5.10 Å². The van der Waals surface area contributed by atoms with E-state index in [1.54, 1.807) is 6.20 Å². The first kappa shape index (κ1) is 17.4. The number of anilines is 1. The van der Waals surface area contributed by atoms with Crippen molar-refractivity contribution in [2.75, 3.05) is 24.5 Å². The summed E-state index contributed by atoms with van der Waals surface area (Å²) in [6.45, 7) is 4.79. The predicted molar refractivity (Wildman–Crippen MR) is 98.3 cm³/mol. The van der Waals surface area contributed by atoms with Crippen LogP contribution in [-0.2, 0) is 11.3 Å². The lowest BCUT2D eigenvalue weighted by molar-refractivity contribution is -0.120. The Morgan fingerprint density at radius 3 is 2.88 bits per heavy atom. The van der Waals surface area contributed by atoms with Crippen molar-refractivity contribution in [2.45, 2.75) is 32.4 Å². The number of benzene rings is 1. The van der Waals surface area contributed by atoms with Crippen molar-refractivity contribution in [3.63, 3.8) is 0 Å². The molecule has 3 rings (SSSR count). The van der Waals surface area contributed by atoms with Crippen molar-refractivity contribution in [3.05, 3.63) is 53.7 Å². The van der Waals surface area contributed by atoms with Crippen LogP contribution in [0.3, 0.4) is 0 Å². The maximum Gasteiger partial charge on any atom is 0.234 e. The van der Waals surface area contributed by atoms with Crippen LogP contribution in [0.4, 0.5) is 5.82 Å². The summed E-state index contributed by atoms with van der Waals surface area (Å²) in [5.74, 6) is 0.926. The molecule has 2 N–H and O–H groups in total. The minimum absolute atomic E-state index is 0.0252. The van der Waals surface area contributed by atoms with Crippen LogP contribution in [0, 0.1) is 6.92 Å². The highest BCUT2D eigenvalue weighted by atomic mass is 16.1. The quantitative estimate of drug-likeness (QED) is 0.838. The van der Waals surface area contributed by atoms with Crippen molar-refractivity contribution >= 4 is 11.7 Å². The molecule has 0 spiro atoms. The fraction of sp³-hybridized carbons (Fsp3) is 0.421. The lowest BCUT2D eigenvalue weighted by Gasteiger charge is -2.33. The van der Waals surface area contributed by atoms with Crippen molar-refractivity contribution in [2.24, 2.45) is 0 Å². The van der Waals surface area contributed by atoms with Crippen LogP contribution < -0.4 is 15.5 Å². The standard InChI is InChI=1S/C19H25N5O/c1-15-6-8-16(9-7-15)12-21-19(25)13-20-17-4-3-11-24(14-17)18-5-2-10-22-23-18/h2,5-10,17,20H,3-4,11-14H2,1H3,(H,21,25)/t17-/m1/s1. The summed E-state index contributed by atoms with van der Waals surface area (Å²) in [4.78, 5) is 14.3. The monoisotopic (exact) mass is 339 g/mol. The van der Waals surface area contributed by atoms with Crippen molar-refractivity contribution in [1.82, 2.24) is 20.8 Å². The first-order valence-electron chi connectivity index (χ1n) is 8.79. The number of nitrogens with zero attached hydrogens (tertiary/aromatic N) is 3. The lowest BCUT2D eigenvalue weighted by Crippen LogP contribution is -2.48. The smallest absolute Gasteiger partial charge is 0.234 e. The normalized spacial score (nSPS) is 17.3. The molecule has 0 unspecified atom stereocenters. The Labute approximate surface area is 148 Å². The van der Waals surface area contributed by atoms with E-state index in [9.17, 15) is 4.79 Å². The van der Waals surface area contributed by atoms with Gasteiger partial charge in [-0.25, -0.2) is 0 Å². The van der Waals surface area contributed by atoms with E-state index in [-0.39, 0.29) is 5.91 Å². The molecule has 0 bridgehead atoms. The molecule has 1 amide bonds. The van der Waals surface area contributed by atoms with Crippen LogP contribution in [0.1, 0.15) is 24.0 Å². The van der Waals surface area contributed by atoms with E-state index in [0.717, 1.165) is 37.3 Å². The fourth-order valence-corrected chi connectivity index (χ4v) is 3.02. The van der Waals surface area contributed by atoms with Crippen LogP contribution >= 0.6 is 0 Å². The molecule has 132 valence electrons. The molecule has 0 radical (unpaired) electrons. The minimum atomic E-state index is 0.0252. The molecule has 1 aromatic heterocycles. The Morgan fingerprint density at radius 1 is 1.28 bits per heavy atom. The molecule has 1 aromatic carbocycles. The molecule has 1 fully saturated rings. The van der Waals surface area contributed by atoms with Crippen LogP contribution in [0.15, 0.2) is 42.6 Å². The Morgan fingerprint density at radius 2 is 2.12 bits per heavy atom. The zero-order valence-electron chi connectivity index (χ0n) is 14.6. The van der Waals surface area contributed by atoms with Crippen LogP contribution in [0.5, 0.6) is 0 Å². The molecular weight excluding hydrogens is 314 g/mol. The van der Waals surface area contributed by atoms with Gasteiger partial charge >= 0.3 is 0 Å². The number of carbonyl (C=O) groups excluding carboxylic acids is 1. The highest BCUT2D eigenvalue weighted by molar-refractivity contribution is 5.78. The van der Waals surface area contributed by atoms with Crippen molar-refractivity contribution in [3.8, 4) is 0 Å². The van der Waals surface area contributed by atoms with E-state index in [1.165, 1.54) is 5.56 Å². The van der Waals surface area contributed by atoms with Crippen molar-refractivity contribution < 1.29 is 4.79 Å². The molecule has 2 aromatic rings. The predicted octanol–water partition coefficient (Wildman–Crippen LogP) is 1.66. The summed E-state index contributed by atoms with van der Waals surface area (Å²) in [7, 11) is 0. The number of aryl methyl sites for hydroxylation is 1. The van der Waals surface area contributed by atoms with Gasteiger partial charge in [0, 0.05) is 31.9 Å². The molecule has 6 nitrogen and oxygen atoms in total. The Balaban J connectivity index is 1.41. The Hall–Kier alpha value is -2.47. The Bertz CT molecular complexity index is 674. The zero-order chi connectivity index (χ0) is 17.5. The van der Waals surface area contributed by atoms with Gasteiger partial charge in [0.15, 0.2) is 5.82 Å². The maximum absolute atomic E-state index is 12.1. The summed E-state index contributed by atoms with van der Waals surface area (Å²) in [5, 5.41) is 14.4. The van der Waals surface area contributed by atoms with Gasteiger partial charge in [-0.3, -0.25) is 4.79 Å². The van der Waals surface area contributed by atoms with E-state index in [4.69, 9.17) is 0 Å². The van der Waals surface area contributed by atoms with Gasteiger partial charge in [-0.1, -0.05) is 29.8 Å². The van der Waals surface area contributed by atoms with E-state index < -0.39 is 0 Å². The van der Waals surface area contributed by atoms with E-state index >= 15 is 0 Å². The molecule has 25 heavy (non-hydrogen) atoms. The zero-order valence-corrected chi connectivity index (χ0v) is 14.6. The van der Waals surface area contributed by atoms with E-state index in [1.807, 2.05) is 24.3 Å².